The molecule has 1 aromatic carbocycles. The molecule has 8 nitrogen and oxygen atoms in total. The second kappa shape index (κ2) is 10.6. The van der Waals surface area contributed by atoms with Crippen molar-refractivity contribution in [1.29, 1.82) is 0 Å². The van der Waals surface area contributed by atoms with Crippen molar-refractivity contribution in [3.63, 3.8) is 0 Å². The molecule has 0 atom stereocenters. The number of hydrogen-bond donors (Lipinski definition) is 1. The SMILES string of the molecule is CCOC(=O)/C=C/C(=O)OCC(=O)NCc1ccc(C(=O)OC)cc1. The number of carbonyl (C=O) groups is 4. The molecule has 1 aromatic rings. The molecule has 0 saturated carbocycles. The molecule has 25 heavy (non-hydrogen) atoms. The Morgan fingerprint density at radius 1 is 1.00 bits per heavy atom. The number of hydrogen-bond acceptors (Lipinski definition) is 7. The lowest BCUT2D eigenvalue weighted by Gasteiger charge is -2.06. The summed E-state index contributed by atoms with van der Waals surface area (Å²) in [6.07, 6.45) is 1.81. The van der Waals surface area contributed by atoms with Gasteiger partial charge in [-0.1, -0.05) is 12.1 Å². The van der Waals surface area contributed by atoms with Crippen molar-refractivity contribution in [2.75, 3.05) is 20.3 Å². The Morgan fingerprint density at radius 2 is 1.60 bits per heavy atom. The van der Waals surface area contributed by atoms with Gasteiger partial charge in [-0.15, -0.1) is 0 Å². The van der Waals surface area contributed by atoms with Gasteiger partial charge in [0, 0.05) is 18.7 Å². The molecule has 1 rings (SSSR count). The number of esters is 3. The molecule has 0 unspecified atom stereocenters. The molecule has 0 aliphatic rings. The van der Waals surface area contributed by atoms with E-state index < -0.39 is 30.4 Å². The fourth-order valence-corrected chi connectivity index (χ4v) is 1.64. The minimum atomic E-state index is -0.828. The quantitative estimate of drug-likeness (QED) is 0.419. The van der Waals surface area contributed by atoms with Crippen LogP contribution in [0.4, 0.5) is 0 Å². The predicted molar refractivity (Wildman–Crippen MR) is 86.4 cm³/mol. The second-order valence-corrected chi connectivity index (χ2v) is 4.66. The van der Waals surface area contributed by atoms with Crippen LogP contribution in [0.5, 0.6) is 0 Å². The summed E-state index contributed by atoms with van der Waals surface area (Å²) in [4.78, 5) is 45.2. The van der Waals surface area contributed by atoms with Gasteiger partial charge in [-0.25, -0.2) is 14.4 Å². The van der Waals surface area contributed by atoms with E-state index in [1.807, 2.05) is 0 Å². The first-order valence-electron chi connectivity index (χ1n) is 7.41. The van der Waals surface area contributed by atoms with Crippen LogP contribution in [0.2, 0.25) is 0 Å². The lowest BCUT2D eigenvalue weighted by atomic mass is 10.1. The monoisotopic (exact) mass is 349 g/mol. The van der Waals surface area contributed by atoms with Crippen molar-refractivity contribution in [3.8, 4) is 0 Å². The van der Waals surface area contributed by atoms with Gasteiger partial charge in [0.1, 0.15) is 0 Å². The molecule has 0 aliphatic heterocycles. The van der Waals surface area contributed by atoms with Crippen LogP contribution in [-0.2, 0) is 35.1 Å². The normalized spacial score (nSPS) is 10.2. The molecule has 1 N–H and O–H groups in total. The van der Waals surface area contributed by atoms with Crippen molar-refractivity contribution in [2.24, 2.45) is 0 Å². The highest BCUT2D eigenvalue weighted by molar-refractivity contribution is 5.92. The Hall–Kier alpha value is -3.16. The van der Waals surface area contributed by atoms with Crippen LogP contribution in [-0.4, -0.2) is 44.1 Å². The van der Waals surface area contributed by atoms with Crippen molar-refractivity contribution in [3.05, 3.63) is 47.5 Å². The van der Waals surface area contributed by atoms with Crippen LogP contribution in [0.3, 0.4) is 0 Å². The highest BCUT2D eigenvalue weighted by Gasteiger charge is 2.07. The first kappa shape index (κ1) is 19.9. The second-order valence-electron chi connectivity index (χ2n) is 4.66. The predicted octanol–water partition coefficient (Wildman–Crippen LogP) is 0.752. The minimum Gasteiger partial charge on any atom is -0.465 e. The van der Waals surface area contributed by atoms with E-state index in [2.05, 4.69) is 19.5 Å². The maximum Gasteiger partial charge on any atom is 0.337 e. The topological polar surface area (TPSA) is 108 Å². The summed E-state index contributed by atoms with van der Waals surface area (Å²) in [5.74, 6) is -2.45. The summed E-state index contributed by atoms with van der Waals surface area (Å²) >= 11 is 0. The van der Waals surface area contributed by atoms with E-state index in [0.29, 0.717) is 5.56 Å². The Labute approximate surface area is 144 Å². The number of amides is 1. The molecule has 134 valence electrons. The van der Waals surface area contributed by atoms with Crippen molar-refractivity contribution < 1.29 is 33.4 Å². The molecule has 0 aliphatic carbocycles. The zero-order valence-corrected chi connectivity index (χ0v) is 13.9. The van der Waals surface area contributed by atoms with Crippen LogP contribution in [0, 0.1) is 0 Å². The summed E-state index contributed by atoms with van der Waals surface area (Å²) in [5, 5.41) is 2.55. The van der Waals surface area contributed by atoms with Crippen LogP contribution >= 0.6 is 0 Å². The van der Waals surface area contributed by atoms with Crippen LogP contribution in [0.25, 0.3) is 0 Å². The maximum absolute atomic E-state index is 11.6. The number of ether oxygens (including phenoxy) is 3. The number of methoxy groups -OCH3 is 1. The van der Waals surface area contributed by atoms with Gasteiger partial charge in [0.05, 0.1) is 19.3 Å². The third-order valence-corrected chi connectivity index (χ3v) is 2.85. The van der Waals surface area contributed by atoms with Crippen LogP contribution in [0.1, 0.15) is 22.8 Å². The molecule has 0 heterocycles. The fraction of sp³-hybridized carbons (Fsp3) is 0.294. The number of carbonyl (C=O) groups excluding carboxylic acids is 4. The van der Waals surface area contributed by atoms with Gasteiger partial charge in [0.2, 0.25) is 0 Å². The van der Waals surface area contributed by atoms with Gasteiger partial charge in [-0.05, 0) is 24.6 Å². The van der Waals surface area contributed by atoms with Crippen molar-refractivity contribution >= 4 is 23.8 Å². The summed E-state index contributed by atoms with van der Waals surface area (Å²) in [6, 6.07) is 6.49. The van der Waals surface area contributed by atoms with Crippen LogP contribution in [0.15, 0.2) is 36.4 Å². The van der Waals surface area contributed by atoms with Gasteiger partial charge in [0.25, 0.3) is 5.91 Å². The zero-order chi connectivity index (χ0) is 18.7. The van der Waals surface area contributed by atoms with E-state index in [-0.39, 0.29) is 13.2 Å². The van der Waals surface area contributed by atoms with Crippen molar-refractivity contribution in [1.82, 2.24) is 5.32 Å². The molecule has 0 aromatic heterocycles. The summed E-state index contributed by atoms with van der Waals surface area (Å²) < 4.78 is 13.9. The van der Waals surface area contributed by atoms with Gasteiger partial charge in [-0.3, -0.25) is 4.79 Å². The summed E-state index contributed by atoms with van der Waals surface area (Å²) in [6.45, 7) is 1.56. The summed E-state index contributed by atoms with van der Waals surface area (Å²) in [7, 11) is 1.29. The largest absolute Gasteiger partial charge is 0.465 e. The average Bonchev–Trinajstić information content (AvgIpc) is 2.63. The third kappa shape index (κ3) is 7.78. The molecule has 0 bridgehead atoms. The van der Waals surface area contributed by atoms with Gasteiger partial charge in [-0.2, -0.15) is 0 Å². The number of rotatable bonds is 8. The smallest absolute Gasteiger partial charge is 0.337 e. The van der Waals surface area contributed by atoms with E-state index in [9.17, 15) is 19.2 Å². The van der Waals surface area contributed by atoms with E-state index in [4.69, 9.17) is 0 Å². The fourth-order valence-electron chi connectivity index (χ4n) is 1.64. The average molecular weight is 349 g/mol. The van der Waals surface area contributed by atoms with E-state index >= 15 is 0 Å². The molecule has 1 amide bonds. The molecule has 8 heteroatoms. The Bertz CT molecular complexity index is 649. The van der Waals surface area contributed by atoms with Crippen molar-refractivity contribution in [2.45, 2.75) is 13.5 Å². The first-order valence-corrected chi connectivity index (χ1v) is 7.41. The van der Waals surface area contributed by atoms with Crippen LogP contribution < -0.4 is 5.32 Å². The Morgan fingerprint density at radius 3 is 2.16 bits per heavy atom. The molecule has 0 spiro atoms. The Balaban J connectivity index is 2.34. The molecule has 0 fully saturated rings. The Kier molecular flexibility index (Phi) is 8.42. The number of benzene rings is 1. The molecule has 0 saturated heterocycles. The number of nitrogens with one attached hydrogen (secondary N) is 1. The van der Waals surface area contributed by atoms with E-state index in [0.717, 1.165) is 17.7 Å². The standard InChI is InChI=1S/C17H19NO7/c1-3-24-15(20)8-9-16(21)25-11-14(19)18-10-12-4-6-13(7-5-12)17(22)23-2/h4-9H,3,10-11H2,1-2H3,(H,18,19)/b9-8+. The summed E-state index contributed by atoms with van der Waals surface area (Å²) in [5.41, 5.74) is 1.16. The first-order chi connectivity index (χ1) is 12.0. The minimum absolute atomic E-state index is 0.196. The van der Waals surface area contributed by atoms with Gasteiger partial charge >= 0.3 is 17.9 Å². The third-order valence-electron chi connectivity index (χ3n) is 2.85. The molecule has 0 radical (unpaired) electrons. The van der Waals surface area contributed by atoms with Gasteiger partial charge in [0.15, 0.2) is 6.61 Å². The van der Waals surface area contributed by atoms with Gasteiger partial charge < -0.3 is 19.5 Å². The molecular formula is C17H19NO7. The van der Waals surface area contributed by atoms with E-state index in [1.54, 1.807) is 31.2 Å². The highest BCUT2D eigenvalue weighted by atomic mass is 16.5. The van der Waals surface area contributed by atoms with E-state index in [1.165, 1.54) is 7.11 Å². The highest BCUT2D eigenvalue weighted by Crippen LogP contribution is 2.05. The maximum atomic E-state index is 11.6. The zero-order valence-electron chi connectivity index (χ0n) is 13.9. The lowest BCUT2D eigenvalue weighted by molar-refractivity contribution is -0.144. The lowest BCUT2D eigenvalue weighted by Crippen LogP contribution is -2.28. The molecular weight excluding hydrogens is 330 g/mol.